The minimum absolute atomic E-state index is 0.0267. The summed E-state index contributed by atoms with van der Waals surface area (Å²) in [6.45, 7) is -0.514. The zero-order valence-corrected chi connectivity index (χ0v) is 16.1. The molecule has 2 aromatic heterocycles. The lowest BCUT2D eigenvalue weighted by atomic mass is 10.2. The number of ether oxygens (including phenoxy) is 1. The van der Waals surface area contributed by atoms with Crippen molar-refractivity contribution in [1.82, 2.24) is 14.8 Å². The van der Waals surface area contributed by atoms with E-state index in [1.165, 1.54) is 23.4 Å². The monoisotopic (exact) mass is 430 g/mol. The van der Waals surface area contributed by atoms with Crippen LogP contribution in [0.3, 0.4) is 0 Å². The van der Waals surface area contributed by atoms with E-state index in [1.807, 2.05) is 0 Å². The van der Waals surface area contributed by atoms with Crippen LogP contribution in [0.4, 0.5) is 5.69 Å². The minimum atomic E-state index is -0.768. The Morgan fingerprint density at radius 1 is 1.10 bits per heavy atom. The molecule has 0 aliphatic rings. The van der Waals surface area contributed by atoms with Gasteiger partial charge in [-0.05, 0) is 42.5 Å². The molecule has 0 bridgehead atoms. The highest BCUT2D eigenvalue weighted by atomic mass is 35.5. The van der Waals surface area contributed by atoms with Crippen LogP contribution in [0.15, 0.2) is 59.5 Å². The van der Waals surface area contributed by atoms with Crippen LogP contribution in [0.5, 0.6) is 0 Å². The number of furan rings is 1. The molecule has 4 aromatic rings. The van der Waals surface area contributed by atoms with Gasteiger partial charge < -0.3 is 14.5 Å². The van der Waals surface area contributed by atoms with Crippen molar-refractivity contribution in [2.45, 2.75) is 0 Å². The Labute approximate surface area is 174 Å². The molecule has 0 saturated heterocycles. The maximum Gasteiger partial charge on any atom is 0.374 e. The summed E-state index contributed by atoms with van der Waals surface area (Å²) in [4.78, 5) is 28.3. The number of hydrogen-bond acceptors (Lipinski definition) is 6. The largest absolute Gasteiger partial charge is 0.450 e. The summed E-state index contributed by atoms with van der Waals surface area (Å²) in [5.74, 6) is -1.35. The second-order valence-electron chi connectivity index (χ2n) is 5.92. The fourth-order valence-corrected chi connectivity index (χ4v) is 3.00. The zero-order chi connectivity index (χ0) is 20.4. The van der Waals surface area contributed by atoms with Crippen LogP contribution in [-0.2, 0) is 9.53 Å². The number of hydrogen-bond donors (Lipinski definition) is 1. The van der Waals surface area contributed by atoms with E-state index in [-0.39, 0.29) is 5.76 Å². The normalized spacial score (nSPS) is 10.8. The standard InChI is InChI=1S/C19H12Cl2N4O4/c20-12-2-4-16-11(5-12)6-17(29-16)19(27)28-8-18(26)24-14-7-13(21)1-3-15(14)25-10-22-9-23-25/h1-7,9-10H,8H2,(H,24,26). The van der Waals surface area contributed by atoms with Gasteiger partial charge in [-0.1, -0.05) is 23.2 Å². The first-order valence-corrected chi connectivity index (χ1v) is 9.06. The average Bonchev–Trinajstić information content (AvgIpc) is 3.35. The Bertz CT molecular complexity index is 1200. The lowest BCUT2D eigenvalue weighted by Crippen LogP contribution is -2.21. The van der Waals surface area contributed by atoms with Gasteiger partial charge in [-0.15, -0.1) is 0 Å². The predicted molar refractivity (Wildman–Crippen MR) is 107 cm³/mol. The number of halogens is 2. The molecule has 0 unspecified atom stereocenters. The zero-order valence-electron chi connectivity index (χ0n) is 14.6. The van der Waals surface area contributed by atoms with Crippen molar-refractivity contribution < 1.29 is 18.7 Å². The lowest BCUT2D eigenvalue weighted by molar-refractivity contribution is -0.119. The van der Waals surface area contributed by atoms with E-state index < -0.39 is 18.5 Å². The predicted octanol–water partition coefficient (Wildman–Crippen LogP) is 4.12. The first kappa shape index (κ1) is 19.0. The van der Waals surface area contributed by atoms with Crippen molar-refractivity contribution in [2.75, 3.05) is 11.9 Å². The maximum atomic E-state index is 12.3. The Hall–Kier alpha value is -3.36. The summed E-state index contributed by atoms with van der Waals surface area (Å²) < 4.78 is 11.9. The smallest absolute Gasteiger partial charge is 0.374 e. The van der Waals surface area contributed by atoms with Crippen LogP contribution in [0.25, 0.3) is 16.7 Å². The Balaban J connectivity index is 1.43. The van der Waals surface area contributed by atoms with Gasteiger partial charge in [-0.2, -0.15) is 5.10 Å². The first-order chi connectivity index (χ1) is 14.0. The average molecular weight is 431 g/mol. The third-order valence-electron chi connectivity index (χ3n) is 3.91. The van der Waals surface area contributed by atoms with Gasteiger partial charge in [0, 0.05) is 15.4 Å². The number of anilines is 1. The number of aromatic nitrogens is 3. The molecule has 0 saturated carbocycles. The summed E-state index contributed by atoms with van der Waals surface area (Å²) in [7, 11) is 0. The second kappa shape index (κ2) is 7.94. The van der Waals surface area contributed by atoms with Crippen molar-refractivity contribution in [1.29, 1.82) is 0 Å². The SMILES string of the molecule is O=C(COC(=O)c1cc2cc(Cl)ccc2o1)Nc1cc(Cl)ccc1-n1cncn1. The fraction of sp³-hybridized carbons (Fsp3) is 0.0526. The molecule has 0 atom stereocenters. The number of fused-ring (bicyclic) bond motifs is 1. The first-order valence-electron chi connectivity index (χ1n) is 8.30. The molecule has 0 aliphatic heterocycles. The Kier molecular flexibility index (Phi) is 5.20. The van der Waals surface area contributed by atoms with E-state index in [0.717, 1.165) is 0 Å². The molecular formula is C19H12Cl2N4O4. The fourth-order valence-electron chi connectivity index (χ4n) is 2.64. The summed E-state index contributed by atoms with van der Waals surface area (Å²) in [5, 5.41) is 8.26. The molecule has 0 aliphatic carbocycles. The molecule has 0 spiro atoms. The van der Waals surface area contributed by atoms with E-state index >= 15 is 0 Å². The summed E-state index contributed by atoms with van der Waals surface area (Å²) in [6, 6.07) is 11.3. The van der Waals surface area contributed by atoms with Crippen LogP contribution in [0, 0.1) is 0 Å². The molecule has 4 rings (SSSR count). The number of rotatable bonds is 5. The van der Waals surface area contributed by atoms with Crippen molar-refractivity contribution in [3.63, 3.8) is 0 Å². The lowest BCUT2D eigenvalue weighted by Gasteiger charge is -2.11. The minimum Gasteiger partial charge on any atom is -0.450 e. The third kappa shape index (κ3) is 4.23. The summed E-state index contributed by atoms with van der Waals surface area (Å²) >= 11 is 11.9. The molecule has 0 fully saturated rings. The molecular weight excluding hydrogens is 419 g/mol. The van der Waals surface area contributed by atoms with Crippen LogP contribution >= 0.6 is 23.2 Å². The van der Waals surface area contributed by atoms with Gasteiger partial charge in [-0.3, -0.25) is 4.79 Å². The maximum absolute atomic E-state index is 12.3. The number of carbonyl (C=O) groups is 2. The van der Waals surface area contributed by atoms with Gasteiger partial charge in [0.05, 0.1) is 11.4 Å². The van der Waals surface area contributed by atoms with Gasteiger partial charge in [0.25, 0.3) is 5.91 Å². The highest BCUT2D eigenvalue weighted by molar-refractivity contribution is 6.31. The van der Waals surface area contributed by atoms with Crippen molar-refractivity contribution in [3.8, 4) is 5.69 Å². The van der Waals surface area contributed by atoms with Gasteiger partial charge in [0.1, 0.15) is 18.2 Å². The number of esters is 1. The van der Waals surface area contributed by atoms with Crippen molar-refractivity contribution in [2.24, 2.45) is 0 Å². The van der Waals surface area contributed by atoms with Gasteiger partial charge in [-0.25, -0.2) is 14.5 Å². The van der Waals surface area contributed by atoms with Crippen LogP contribution in [-0.4, -0.2) is 33.2 Å². The molecule has 2 heterocycles. The molecule has 1 N–H and O–H groups in total. The highest BCUT2D eigenvalue weighted by Crippen LogP contribution is 2.25. The van der Waals surface area contributed by atoms with Crippen LogP contribution in [0.1, 0.15) is 10.6 Å². The highest BCUT2D eigenvalue weighted by Gasteiger charge is 2.17. The molecule has 2 aromatic carbocycles. The molecule has 8 nitrogen and oxygen atoms in total. The van der Waals surface area contributed by atoms with E-state index in [2.05, 4.69) is 15.4 Å². The van der Waals surface area contributed by atoms with Gasteiger partial charge in [0.15, 0.2) is 6.61 Å². The molecule has 1 amide bonds. The van der Waals surface area contributed by atoms with E-state index in [4.69, 9.17) is 32.4 Å². The second-order valence-corrected chi connectivity index (χ2v) is 6.79. The van der Waals surface area contributed by atoms with Crippen molar-refractivity contribution in [3.05, 3.63) is 70.9 Å². The Morgan fingerprint density at radius 3 is 2.69 bits per heavy atom. The van der Waals surface area contributed by atoms with E-state index in [9.17, 15) is 9.59 Å². The topological polar surface area (TPSA) is 99.2 Å². The number of nitrogens with zero attached hydrogens (tertiary/aromatic N) is 3. The molecule has 0 radical (unpaired) electrons. The van der Waals surface area contributed by atoms with E-state index in [0.29, 0.717) is 32.4 Å². The van der Waals surface area contributed by atoms with Gasteiger partial charge in [0.2, 0.25) is 5.76 Å². The summed E-state index contributed by atoms with van der Waals surface area (Å²) in [6.07, 6.45) is 2.84. The van der Waals surface area contributed by atoms with Crippen LogP contribution in [0.2, 0.25) is 10.0 Å². The Morgan fingerprint density at radius 2 is 1.90 bits per heavy atom. The van der Waals surface area contributed by atoms with Crippen LogP contribution < -0.4 is 5.32 Å². The molecule has 10 heteroatoms. The molecule has 146 valence electrons. The number of carbonyl (C=O) groups excluding carboxylic acids is 2. The van der Waals surface area contributed by atoms with Crippen molar-refractivity contribution >= 4 is 51.7 Å². The molecule has 29 heavy (non-hydrogen) atoms. The quantitative estimate of drug-likeness (QED) is 0.478. The number of benzene rings is 2. The van der Waals surface area contributed by atoms with E-state index in [1.54, 1.807) is 36.4 Å². The summed E-state index contributed by atoms with van der Waals surface area (Å²) in [5.41, 5.74) is 1.44. The third-order valence-corrected chi connectivity index (χ3v) is 4.38. The van der Waals surface area contributed by atoms with Gasteiger partial charge >= 0.3 is 5.97 Å². The number of amides is 1. The number of nitrogens with one attached hydrogen (secondary N) is 1.